The Morgan fingerprint density at radius 1 is 1.25 bits per heavy atom. The Balaban J connectivity index is 0.00000288. The molecule has 0 atom stereocenters. The first-order chi connectivity index (χ1) is 11.2. The molecule has 2 N–H and O–H groups in total. The quantitative estimate of drug-likeness (QED) is 0.237. The number of nitro groups is 1. The summed E-state index contributed by atoms with van der Waals surface area (Å²) in [5.74, 6) is 0.643. The second-order valence-electron chi connectivity index (χ2n) is 4.80. The summed E-state index contributed by atoms with van der Waals surface area (Å²) in [6.07, 6.45) is 1.74. The van der Waals surface area contributed by atoms with Crippen molar-refractivity contribution in [3.63, 3.8) is 0 Å². The number of non-ortho nitro benzene ring substituents is 1. The van der Waals surface area contributed by atoms with Crippen molar-refractivity contribution in [3.8, 4) is 0 Å². The van der Waals surface area contributed by atoms with Crippen LogP contribution in [-0.4, -0.2) is 22.4 Å². The Bertz CT molecular complexity index is 679. The van der Waals surface area contributed by atoms with E-state index in [0.29, 0.717) is 19.0 Å². The molecule has 0 aliphatic heterocycles. The molecule has 7 nitrogen and oxygen atoms in total. The molecule has 0 spiro atoms. The maximum absolute atomic E-state index is 10.8. The van der Waals surface area contributed by atoms with Gasteiger partial charge in [0.1, 0.15) is 0 Å². The van der Waals surface area contributed by atoms with Gasteiger partial charge < -0.3 is 10.6 Å². The van der Waals surface area contributed by atoms with E-state index in [0.717, 1.165) is 17.8 Å². The van der Waals surface area contributed by atoms with E-state index >= 15 is 0 Å². The van der Waals surface area contributed by atoms with Crippen LogP contribution in [0.1, 0.15) is 18.2 Å². The molecular formula is C16H20IN5O2. The minimum absolute atomic E-state index is 0. The van der Waals surface area contributed by atoms with E-state index in [2.05, 4.69) is 20.6 Å². The normalized spacial score (nSPS) is 10.6. The van der Waals surface area contributed by atoms with E-state index in [9.17, 15) is 10.1 Å². The summed E-state index contributed by atoms with van der Waals surface area (Å²) >= 11 is 0. The van der Waals surface area contributed by atoms with Crippen LogP contribution < -0.4 is 10.6 Å². The molecule has 2 aromatic rings. The van der Waals surface area contributed by atoms with Gasteiger partial charge in [0.25, 0.3) is 5.69 Å². The van der Waals surface area contributed by atoms with Gasteiger partial charge in [0.2, 0.25) is 0 Å². The molecule has 24 heavy (non-hydrogen) atoms. The molecule has 0 radical (unpaired) electrons. The second kappa shape index (κ2) is 10.5. The zero-order chi connectivity index (χ0) is 16.5. The fraction of sp³-hybridized carbons (Fsp3) is 0.250. The number of rotatable bonds is 6. The van der Waals surface area contributed by atoms with Gasteiger partial charge in [0, 0.05) is 24.9 Å². The molecule has 0 bridgehead atoms. The smallest absolute Gasteiger partial charge is 0.269 e. The largest absolute Gasteiger partial charge is 0.357 e. The number of nitrogens with one attached hydrogen (secondary N) is 2. The van der Waals surface area contributed by atoms with E-state index < -0.39 is 4.92 Å². The predicted octanol–water partition coefficient (Wildman–Crippen LogP) is 2.86. The van der Waals surface area contributed by atoms with Crippen LogP contribution in [0.25, 0.3) is 0 Å². The first-order valence-electron chi connectivity index (χ1n) is 7.34. The Kier molecular flexibility index (Phi) is 8.69. The Labute approximate surface area is 157 Å². The van der Waals surface area contributed by atoms with Gasteiger partial charge in [-0.15, -0.1) is 24.0 Å². The zero-order valence-corrected chi connectivity index (χ0v) is 15.6. The van der Waals surface area contributed by atoms with Crippen molar-refractivity contribution in [3.05, 3.63) is 70.0 Å². The topological polar surface area (TPSA) is 92.5 Å². The number of nitrogens with zero attached hydrogens (tertiary/aromatic N) is 3. The van der Waals surface area contributed by atoms with Crippen LogP contribution in [0.2, 0.25) is 0 Å². The standard InChI is InChI=1S/C16H19N5O2.HI/c1-2-17-16(20-12-14-7-3-4-9-18-14)19-11-13-6-5-8-15(10-13)21(22)23;/h3-10H,2,11-12H2,1H3,(H2,17,19,20);1H. The van der Waals surface area contributed by atoms with Crippen molar-refractivity contribution in [1.29, 1.82) is 0 Å². The highest BCUT2D eigenvalue weighted by Crippen LogP contribution is 2.13. The van der Waals surface area contributed by atoms with Crippen LogP contribution in [0.5, 0.6) is 0 Å². The monoisotopic (exact) mass is 441 g/mol. The number of hydrogen-bond acceptors (Lipinski definition) is 4. The molecule has 1 aromatic heterocycles. The molecule has 0 amide bonds. The third-order valence-electron chi connectivity index (χ3n) is 3.05. The summed E-state index contributed by atoms with van der Waals surface area (Å²) in [6, 6.07) is 12.2. The van der Waals surface area contributed by atoms with Gasteiger partial charge in [-0.25, -0.2) is 4.99 Å². The molecule has 0 saturated heterocycles. The highest BCUT2D eigenvalue weighted by molar-refractivity contribution is 14.0. The van der Waals surface area contributed by atoms with Crippen molar-refractivity contribution in [2.75, 3.05) is 6.54 Å². The van der Waals surface area contributed by atoms with Crippen LogP contribution in [0, 0.1) is 10.1 Å². The fourth-order valence-corrected chi connectivity index (χ4v) is 1.96. The summed E-state index contributed by atoms with van der Waals surface area (Å²) in [6.45, 7) is 3.62. The van der Waals surface area contributed by atoms with Gasteiger partial charge in [-0.2, -0.15) is 0 Å². The highest BCUT2D eigenvalue weighted by atomic mass is 127. The van der Waals surface area contributed by atoms with Gasteiger partial charge in [-0.05, 0) is 24.6 Å². The fourth-order valence-electron chi connectivity index (χ4n) is 1.96. The Hall–Kier alpha value is -2.23. The maximum atomic E-state index is 10.8. The SMILES string of the molecule is CCNC(=NCc1cccc([N+](=O)[O-])c1)NCc1ccccn1.I. The summed E-state index contributed by atoms with van der Waals surface area (Å²) in [5, 5.41) is 17.1. The van der Waals surface area contributed by atoms with Crippen LogP contribution in [0.3, 0.4) is 0 Å². The van der Waals surface area contributed by atoms with Crippen LogP contribution in [-0.2, 0) is 13.1 Å². The molecule has 1 aromatic carbocycles. The minimum Gasteiger partial charge on any atom is -0.357 e. The van der Waals surface area contributed by atoms with Crippen LogP contribution in [0.15, 0.2) is 53.7 Å². The zero-order valence-electron chi connectivity index (χ0n) is 13.3. The van der Waals surface area contributed by atoms with Crippen molar-refractivity contribution in [2.45, 2.75) is 20.0 Å². The molecule has 0 fully saturated rings. The minimum atomic E-state index is -0.405. The summed E-state index contributed by atoms with van der Waals surface area (Å²) < 4.78 is 0. The van der Waals surface area contributed by atoms with Gasteiger partial charge in [0.05, 0.1) is 23.7 Å². The molecule has 0 unspecified atom stereocenters. The number of aromatic nitrogens is 1. The van der Waals surface area contributed by atoms with Gasteiger partial charge in [0.15, 0.2) is 5.96 Å². The van der Waals surface area contributed by atoms with Crippen LogP contribution in [0.4, 0.5) is 5.69 Å². The van der Waals surface area contributed by atoms with Gasteiger partial charge in [-0.1, -0.05) is 18.2 Å². The number of aliphatic imine (C=N–C) groups is 1. The summed E-state index contributed by atoms with van der Waals surface area (Å²) in [4.78, 5) is 19.1. The first kappa shape index (κ1) is 19.8. The third kappa shape index (κ3) is 6.49. The first-order valence-corrected chi connectivity index (χ1v) is 7.34. The molecule has 0 saturated carbocycles. The molecule has 128 valence electrons. The molecular weight excluding hydrogens is 421 g/mol. The average molecular weight is 441 g/mol. The van der Waals surface area contributed by atoms with E-state index in [1.54, 1.807) is 12.3 Å². The Morgan fingerprint density at radius 3 is 2.75 bits per heavy atom. The number of halogens is 1. The Morgan fingerprint density at radius 2 is 2.08 bits per heavy atom. The molecule has 2 rings (SSSR count). The van der Waals surface area contributed by atoms with Gasteiger partial charge >= 0.3 is 0 Å². The average Bonchev–Trinajstić information content (AvgIpc) is 2.58. The molecule has 0 aliphatic rings. The lowest BCUT2D eigenvalue weighted by Gasteiger charge is -2.10. The number of nitro benzene ring substituents is 1. The lowest BCUT2D eigenvalue weighted by atomic mass is 10.2. The number of benzene rings is 1. The lowest BCUT2D eigenvalue weighted by Crippen LogP contribution is -2.37. The highest BCUT2D eigenvalue weighted by Gasteiger charge is 2.05. The predicted molar refractivity (Wildman–Crippen MR) is 104 cm³/mol. The number of pyridine rings is 1. The maximum Gasteiger partial charge on any atom is 0.269 e. The molecule has 1 heterocycles. The third-order valence-corrected chi connectivity index (χ3v) is 3.05. The molecule has 8 heteroatoms. The van der Waals surface area contributed by atoms with Gasteiger partial charge in [-0.3, -0.25) is 15.1 Å². The van der Waals surface area contributed by atoms with Crippen molar-refractivity contribution < 1.29 is 4.92 Å². The summed E-state index contributed by atoms with van der Waals surface area (Å²) in [5.41, 5.74) is 1.77. The summed E-state index contributed by atoms with van der Waals surface area (Å²) in [7, 11) is 0. The second-order valence-corrected chi connectivity index (χ2v) is 4.80. The van der Waals surface area contributed by atoms with Crippen molar-refractivity contribution in [1.82, 2.24) is 15.6 Å². The van der Waals surface area contributed by atoms with Crippen molar-refractivity contribution in [2.24, 2.45) is 4.99 Å². The van der Waals surface area contributed by atoms with Crippen LogP contribution >= 0.6 is 24.0 Å². The number of guanidine groups is 1. The van der Waals surface area contributed by atoms with E-state index in [4.69, 9.17) is 0 Å². The number of hydrogen-bond donors (Lipinski definition) is 2. The van der Waals surface area contributed by atoms with E-state index in [-0.39, 0.29) is 29.7 Å². The van der Waals surface area contributed by atoms with Crippen molar-refractivity contribution >= 4 is 35.6 Å². The van der Waals surface area contributed by atoms with E-state index in [1.165, 1.54) is 12.1 Å². The molecule has 0 aliphatic carbocycles. The van der Waals surface area contributed by atoms with E-state index in [1.807, 2.05) is 31.2 Å². The lowest BCUT2D eigenvalue weighted by molar-refractivity contribution is -0.384.